The molecule has 1 unspecified atom stereocenters. The number of carbonyl (C=O) groups is 1. The van der Waals surface area contributed by atoms with Crippen molar-refractivity contribution < 1.29 is 4.79 Å². The lowest BCUT2D eigenvalue weighted by Crippen LogP contribution is -2.34. The van der Waals surface area contributed by atoms with Crippen molar-refractivity contribution >= 4 is 51.0 Å². The van der Waals surface area contributed by atoms with Gasteiger partial charge in [-0.3, -0.25) is 4.79 Å². The molecule has 19 heavy (non-hydrogen) atoms. The summed E-state index contributed by atoms with van der Waals surface area (Å²) in [6, 6.07) is 7.63. The van der Waals surface area contributed by atoms with Crippen LogP contribution in [0.4, 0.5) is 5.69 Å². The third-order valence-corrected chi connectivity index (χ3v) is 6.23. The van der Waals surface area contributed by atoms with E-state index in [1.165, 1.54) is 17.3 Å². The molecule has 1 aliphatic heterocycles. The lowest BCUT2D eigenvalue weighted by Gasteiger charge is -2.21. The Morgan fingerprint density at radius 3 is 2.95 bits per heavy atom. The van der Waals surface area contributed by atoms with Crippen LogP contribution in [0.25, 0.3) is 0 Å². The second-order valence-electron chi connectivity index (χ2n) is 4.23. The molecule has 0 spiro atoms. The van der Waals surface area contributed by atoms with Crippen molar-refractivity contribution in [2.75, 3.05) is 35.7 Å². The number of nitrogens with one attached hydrogen (secondary N) is 2. The predicted molar refractivity (Wildman–Crippen MR) is 89.2 cm³/mol. The zero-order chi connectivity index (χ0) is 13.5. The van der Waals surface area contributed by atoms with Gasteiger partial charge in [0.1, 0.15) is 0 Å². The van der Waals surface area contributed by atoms with E-state index in [2.05, 4.69) is 26.6 Å². The molecule has 0 aliphatic carbocycles. The Morgan fingerprint density at radius 1 is 1.37 bits per heavy atom. The van der Waals surface area contributed by atoms with Crippen LogP contribution in [0.15, 0.2) is 28.7 Å². The molecule has 1 atom stereocenters. The molecule has 0 radical (unpaired) electrons. The van der Waals surface area contributed by atoms with Crippen LogP contribution in [-0.4, -0.2) is 41.5 Å². The monoisotopic (exact) mass is 360 g/mol. The summed E-state index contributed by atoms with van der Waals surface area (Å²) >= 11 is 7.41. The molecule has 1 heterocycles. The molecule has 0 saturated carbocycles. The minimum absolute atomic E-state index is 0.000336. The summed E-state index contributed by atoms with van der Waals surface area (Å²) in [5.41, 5.74) is 0.817. The van der Waals surface area contributed by atoms with Gasteiger partial charge >= 0.3 is 0 Å². The summed E-state index contributed by atoms with van der Waals surface area (Å²) in [4.78, 5) is 11.8. The Balaban J connectivity index is 1.68. The Kier molecular flexibility index (Phi) is 6.56. The number of hydrogen-bond acceptors (Lipinski definition) is 4. The van der Waals surface area contributed by atoms with Gasteiger partial charge in [0, 0.05) is 33.5 Å². The number of halogens is 1. The number of benzene rings is 1. The van der Waals surface area contributed by atoms with Gasteiger partial charge in [0.25, 0.3) is 0 Å². The molecule has 1 amide bonds. The summed E-state index contributed by atoms with van der Waals surface area (Å²) < 4.78 is 0.905. The molecule has 6 heteroatoms. The van der Waals surface area contributed by atoms with E-state index in [4.69, 9.17) is 0 Å². The molecule has 2 rings (SSSR count). The normalized spacial score (nSPS) is 19.1. The first-order valence-electron chi connectivity index (χ1n) is 6.20. The minimum atomic E-state index is 0.000336. The lowest BCUT2D eigenvalue weighted by molar-refractivity contribution is -0.115. The molecule has 104 valence electrons. The Labute approximate surface area is 130 Å². The maximum atomic E-state index is 11.8. The quantitative estimate of drug-likeness (QED) is 0.846. The molecule has 0 aromatic heterocycles. The summed E-state index contributed by atoms with van der Waals surface area (Å²) in [6.07, 6.45) is 0. The van der Waals surface area contributed by atoms with Gasteiger partial charge in [0.15, 0.2) is 0 Å². The number of hydrogen-bond donors (Lipinski definition) is 2. The third kappa shape index (κ3) is 5.38. The minimum Gasteiger partial charge on any atom is -0.324 e. The highest BCUT2D eigenvalue weighted by atomic mass is 79.9. The van der Waals surface area contributed by atoms with Gasteiger partial charge in [-0.2, -0.15) is 23.5 Å². The van der Waals surface area contributed by atoms with Gasteiger partial charge < -0.3 is 10.6 Å². The average molecular weight is 361 g/mol. The highest BCUT2D eigenvalue weighted by molar-refractivity contribution is 9.10. The van der Waals surface area contributed by atoms with E-state index in [9.17, 15) is 4.79 Å². The van der Waals surface area contributed by atoms with Crippen LogP contribution in [0.2, 0.25) is 0 Å². The maximum absolute atomic E-state index is 11.8. The smallest absolute Gasteiger partial charge is 0.238 e. The topological polar surface area (TPSA) is 41.1 Å². The lowest BCUT2D eigenvalue weighted by atomic mass is 10.3. The van der Waals surface area contributed by atoms with Crippen molar-refractivity contribution in [3.8, 4) is 0 Å². The van der Waals surface area contributed by atoms with Crippen LogP contribution < -0.4 is 10.6 Å². The van der Waals surface area contributed by atoms with E-state index in [0.29, 0.717) is 11.8 Å². The first kappa shape index (κ1) is 15.2. The van der Waals surface area contributed by atoms with Crippen LogP contribution in [0.5, 0.6) is 0 Å². The fraction of sp³-hybridized carbons (Fsp3) is 0.462. The highest BCUT2D eigenvalue weighted by Gasteiger charge is 2.14. The standard InChI is InChI=1S/C13H17BrN2OS2/c14-11-3-1-2-4-12(11)16-13(17)8-15-7-10-9-18-5-6-19-10/h1-4,10,15H,5-9H2,(H,16,17). The van der Waals surface area contributed by atoms with Crippen LogP contribution in [0, 0.1) is 0 Å². The second kappa shape index (κ2) is 8.19. The first-order chi connectivity index (χ1) is 9.25. The van der Waals surface area contributed by atoms with E-state index in [1.54, 1.807) is 0 Å². The van der Waals surface area contributed by atoms with Gasteiger partial charge in [-0.25, -0.2) is 0 Å². The van der Waals surface area contributed by atoms with E-state index < -0.39 is 0 Å². The number of anilines is 1. The zero-order valence-electron chi connectivity index (χ0n) is 10.5. The van der Waals surface area contributed by atoms with Gasteiger partial charge in [-0.1, -0.05) is 12.1 Å². The van der Waals surface area contributed by atoms with Crippen LogP contribution >= 0.6 is 39.5 Å². The van der Waals surface area contributed by atoms with Crippen molar-refractivity contribution in [1.29, 1.82) is 0 Å². The van der Waals surface area contributed by atoms with E-state index in [1.807, 2.05) is 47.8 Å². The van der Waals surface area contributed by atoms with Gasteiger partial charge in [0.05, 0.1) is 12.2 Å². The molecular weight excluding hydrogens is 344 g/mol. The van der Waals surface area contributed by atoms with Crippen LogP contribution in [0.3, 0.4) is 0 Å². The van der Waals surface area contributed by atoms with E-state index in [-0.39, 0.29) is 5.91 Å². The van der Waals surface area contributed by atoms with E-state index in [0.717, 1.165) is 16.7 Å². The first-order valence-corrected chi connectivity index (χ1v) is 9.20. The molecule has 0 bridgehead atoms. The summed E-state index contributed by atoms with van der Waals surface area (Å²) in [6.45, 7) is 1.27. The number of thioether (sulfide) groups is 2. The Morgan fingerprint density at radius 2 is 2.21 bits per heavy atom. The second-order valence-corrected chi connectivity index (χ2v) is 7.64. The molecule has 2 N–H and O–H groups in total. The van der Waals surface area contributed by atoms with Crippen molar-refractivity contribution in [1.82, 2.24) is 5.32 Å². The van der Waals surface area contributed by atoms with Crippen LogP contribution in [0.1, 0.15) is 0 Å². The largest absolute Gasteiger partial charge is 0.324 e. The van der Waals surface area contributed by atoms with E-state index >= 15 is 0 Å². The maximum Gasteiger partial charge on any atom is 0.238 e. The molecule has 1 aliphatic rings. The summed E-state index contributed by atoms with van der Waals surface area (Å²) in [7, 11) is 0. The fourth-order valence-corrected chi connectivity index (χ4v) is 4.79. The molecule has 1 saturated heterocycles. The number of rotatable bonds is 5. The van der Waals surface area contributed by atoms with Gasteiger partial charge in [-0.05, 0) is 28.1 Å². The summed E-state index contributed by atoms with van der Waals surface area (Å²) in [5.74, 6) is 3.66. The van der Waals surface area contributed by atoms with Gasteiger partial charge in [0.2, 0.25) is 5.91 Å². The predicted octanol–water partition coefficient (Wildman–Crippen LogP) is 2.83. The van der Waals surface area contributed by atoms with Gasteiger partial charge in [-0.15, -0.1) is 0 Å². The fourth-order valence-electron chi connectivity index (χ4n) is 1.76. The molecule has 1 aromatic rings. The molecule has 1 fully saturated rings. The Bertz CT molecular complexity index is 425. The SMILES string of the molecule is O=C(CNCC1CSCCS1)Nc1ccccc1Br. The van der Waals surface area contributed by atoms with Crippen molar-refractivity contribution in [2.24, 2.45) is 0 Å². The highest BCUT2D eigenvalue weighted by Crippen LogP contribution is 2.23. The molecule has 3 nitrogen and oxygen atoms in total. The summed E-state index contributed by atoms with van der Waals surface area (Å²) in [5, 5.41) is 6.75. The average Bonchev–Trinajstić information content (AvgIpc) is 2.43. The molecule has 1 aromatic carbocycles. The zero-order valence-corrected chi connectivity index (χ0v) is 13.7. The van der Waals surface area contributed by atoms with Crippen molar-refractivity contribution in [3.05, 3.63) is 28.7 Å². The number of amides is 1. The number of para-hydroxylation sites is 1. The Hall–Kier alpha value is -0.170. The third-order valence-electron chi connectivity index (χ3n) is 2.69. The molecular formula is C13H17BrN2OS2. The van der Waals surface area contributed by atoms with Crippen LogP contribution in [-0.2, 0) is 4.79 Å². The van der Waals surface area contributed by atoms with Crippen molar-refractivity contribution in [3.63, 3.8) is 0 Å². The number of carbonyl (C=O) groups excluding carboxylic acids is 1. The van der Waals surface area contributed by atoms with Crippen molar-refractivity contribution in [2.45, 2.75) is 5.25 Å².